The Morgan fingerprint density at radius 1 is 1.32 bits per heavy atom. The Kier molecular flexibility index (Phi) is 5.85. The van der Waals surface area contributed by atoms with E-state index in [1.165, 1.54) is 12.4 Å². The van der Waals surface area contributed by atoms with Crippen LogP contribution in [-0.4, -0.2) is 36.1 Å². The normalized spacial score (nSPS) is 10.3. The van der Waals surface area contributed by atoms with Crippen LogP contribution in [0.5, 0.6) is 0 Å². The van der Waals surface area contributed by atoms with Gasteiger partial charge in [0, 0.05) is 23.8 Å². The highest BCUT2D eigenvalue weighted by Gasteiger charge is 2.07. The maximum atomic E-state index is 11.8. The number of aromatic nitrogens is 2. The van der Waals surface area contributed by atoms with Gasteiger partial charge in [-0.25, -0.2) is 9.97 Å². The van der Waals surface area contributed by atoms with Gasteiger partial charge in [0.1, 0.15) is 11.5 Å². The summed E-state index contributed by atoms with van der Waals surface area (Å²) in [7, 11) is 1.58. The fourth-order valence-electron chi connectivity index (χ4n) is 1.69. The lowest BCUT2D eigenvalue weighted by Crippen LogP contribution is -2.27. The second-order valence-corrected chi connectivity index (χ2v) is 5.48. The molecule has 0 aliphatic heterocycles. The summed E-state index contributed by atoms with van der Waals surface area (Å²) in [6.07, 6.45) is 2.96. The summed E-state index contributed by atoms with van der Waals surface area (Å²) < 4.78 is 5.88. The van der Waals surface area contributed by atoms with Crippen LogP contribution in [0.3, 0.4) is 0 Å². The van der Waals surface area contributed by atoms with Gasteiger partial charge in [-0.1, -0.05) is 22.0 Å². The molecule has 0 radical (unpaired) electrons. The van der Waals surface area contributed by atoms with Crippen LogP contribution >= 0.6 is 15.9 Å². The van der Waals surface area contributed by atoms with E-state index in [0.717, 1.165) is 15.7 Å². The number of hydrogen-bond acceptors (Lipinski definition) is 5. The number of ether oxygens (including phenoxy) is 1. The molecule has 0 saturated heterocycles. The van der Waals surface area contributed by atoms with Gasteiger partial charge < -0.3 is 15.4 Å². The minimum atomic E-state index is -0.269. The number of halogens is 1. The SMILES string of the molecule is COCCNC(=O)c1cnc(Nc2ccc(C)c(Br)c2)cn1. The number of nitrogens with one attached hydrogen (secondary N) is 2. The first-order chi connectivity index (χ1) is 10.6. The highest BCUT2D eigenvalue weighted by Crippen LogP contribution is 2.22. The summed E-state index contributed by atoms with van der Waals surface area (Å²) in [6, 6.07) is 5.91. The number of nitrogens with zero attached hydrogens (tertiary/aromatic N) is 2. The van der Waals surface area contributed by atoms with Gasteiger partial charge in [0.05, 0.1) is 19.0 Å². The molecule has 0 saturated carbocycles. The van der Waals surface area contributed by atoms with Crippen molar-refractivity contribution in [2.75, 3.05) is 25.6 Å². The van der Waals surface area contributed by atoms with Crippen molar-refractivity contribution in [3.63, 3.8) is 0 Å². The second kappa shape index (κ2) is 7.86. The van der Waals surface area contributed by atoms with Gasteiger partial charge in [0.2, 0.25) is 0 Å². The van der Waals surface area contributed by atoms with E-state index in [9.17, 15) is 4.79 Å². The van der Waals surface area contributed by atoms with Gasteiger partial charge in [-0.15, -0.1) is 0 Å². The van der Waals surface area contributed by atoms with Crippen molar-refractivity contribution in [2.24, 2.45) is 0 Å². The first-order valence-corrected chi connectivity index (χ1v) is 7.52. The van der Waals surface area contributed by atoms with E-state index in [4.69, 9.17) is 4.74 Å². The molecule has 7 heteroatoms. The molecule has 2 aromatic rings. The third-order valence-corrected chi connectivity index (χ3v) is 3.77. The fourth-order valence-corrected chi connectivity index (χ4v) is 2.06. The number of hydrogen-bond donors (Lipinski definition) is 2. The molecule has 1 heterocycles. The predicted octanol–water partition coefficient (Wildman–Crippen LogP) is 2.67. The van der Waals surface area contributed by atoms with Gasteiger partial charge in [-0.05, 0) is 24.6 Å². The highest BCUT2D eigenvalue weighted by atomic mass is 79.9. The van der Waals surface area contributed by atoms with Crippen LogP contribution in [0, 0.1) is 6.92 Å². The summed E-state index contributed by atoms with van der Waals surface area (Å²) >= 11 is 3.48. The maximum Gasteiger partial charge on any atom is 0.271 e. The molecule has 0 spiro atoms. The molecule has 2 rings (SSSR count). The van der Waals surface area contributed by atoms with Gasteiger partial charge in [-0.2, -0.15) is 0 Å². The lowest BCUT2D eigenvalue weighted by molar-refractivity contribution is 0.0932. The van der Waals surface area contributed by atoms with E-state index in [0.29, 0.717) is 19.0 Å². The number of aryl methyl sites for hydroxylation is 1. The van der Waals surface area contributed by atoms with Gasteiger partial charge >= 0.3 is 0 Å². The predicted molar refractivity (Wildman–Crippen MR) is 88.4 cm³/mol. The molecule has 1 amide bonds. The molecular weight excluding hydrogens is 348 g/mol. The minimum Gasteiger partial charge on any atom is -0.383 e. The quantitative estimate of drug-likeness (QED) is 0.770. The summed E-state index contributed by atoms with van der Waals surface area (Å²) in [6.45, 7) is 2.92. The molecule has 1 aromatic carbocycles. The molecule has 0 atom stereocenters. The second-order valence-electron chi connectivity index (χ2n) is 4.62. The first-order valence-electron chi connectivity index (χ1n) is 6.72. The fraction of sp³-hybridized carbons (Fsp3) is 0.267. The van der Waals surface area contributed by atoms with E-state index < -0.39 is 0 Å². The van der Waals surface area contributed by atoms with Crippen molar-refractivity contribution in [1.82, 2.24) is 15.3 Å². The Morgan fingerprint density at radius 3 is 2.77 bits per heavy atom. The summed E-state index contributed by atoms with van der Waals surface area (Å²) in [5.74, 6) is 0.304. The lowest BCUT2D eigenvalue weighted by Gasteiger charge is -2.08. The molecule has 0 fully saturated rings. The van der Waals surface area contributed by atoms with Gasteiger partial charge in [-0.3, -0.25) is 4.79 Å². The lowest BCUT2D eigenvalue weighted by atomic mass is 10.2. The van der Waals surface area contributed by atoms with Crippen molar-refractivity contribution in [2.45, 2.75) is 6.92 Å². The first kappa shape index (κ1) is 16.4. The van der Waals surface area contributed by atoms with Gasteiger partial charge in [0.15, 0.2) is 0 Å². The minimum absolute atomic E-state index is 0.269. The number of rotatable bonds is 6. The monoisotopic (exact) mass is 364 g/mol. The van der Waals surface area contributed by atoms with Crippen molar-refractivity contribution < 1.29 is 9.53 Å². The molecule has 6 nitrogen and oxygen atoms in total. The van der Waals surface area contributed by atoms with Crippen LogP contribution < -0.4 is 10.6 Å². The Labute approximate surface area is 137 Å². The van der Waals surface area contributed by atoms with Crippen LogP contribution in [0.2, 0.25) is 0 Å². The largest absolute Gasteiger partial charge is 0.383 e. The molecule has 0 bridgehead atoms. The molecule has 0 aliphatic rings. The Bertz CT molecular complexity index is 646. The zero-order chi connectivity index (χ0) is 15.9. The van der Waals surface area contributed by atoms with Gasteiger partial charge in [0.25, 0.3) is 5.91 Å². The van der Waals surface area contributed by atoms with Crippen LogP contribution in [0.25, 0.3) is 0 Å². The van der Waals surface area contributed by atoms with Crippen molar-refractivity contribution >= 4 is 33.3 Å². The standard InChI is InChI=1S/C15H17BrN4O2/c1-10-3-4-11(7-12(10)16)20-14-9-18-13(8-19-14)15(21)17-5-6-22-2/h3-4,7-9H,5-6H2,1-2H3,(H,17,21)(H,19,20). The van der Waals surface area contributed by atoms with Crippen LogP contribution in [0.1, 0.15) is 16.1 Å². The number of carbonyl (C=O) groups excluding carboxylic acids is 1. The average molecular weight is 365 g/mol. The van der Waals surface area contributed by atoms with Crippen LogP contribution in [-0.2, 0) is 4.74 Å². The molecular formula is C15H17BrN4O2. The summed E-state index contributed by atoms with van der Waals surface area (Å²) in [5, 5.41) is 5.82. The number of methoxy groups -OCH3 is 1. The molecule has 0 aliphatic carbocycles. The Balaban J connectivity index is 1.99. The summed E-state index contributed by atoms with van der Waals surface area (Å²) in [4.78, 5) is 20.1. The third-order valence-electron chi connectivity index (χ3n) is 2.92. The average Bonchev–Trinajstić information content (AvgIpc) is 2.52. The van der Waals surface area contributed by atoms with Crippen molar-refractivity contribution in [3.8, 4) is 0 Å². The Hall–Kier alpha value is -1.99. The molecule has 22 heavy (non-hydrogen) atoms. The Morgan fingerprint density at radius 2 is 2.14 bits per heavy atom. The van der Waals surface area contributed by atoms with E-state index in [-0.39, 0.29) is 11.6 Å². The van der Waals surface area contributed by atoms with E-state index in [1.54, 1.807) is 7.11 Å². The zero-order valence-electron chi connectivity index (χ0n) is 12.4. The van der Waals surface area contributed by atoms with Crippen molar-refractivity contribution in [1.29, 1.82) is 0 Å². The highest BCUT2D eigenvalue weighted by molar-refractivity contribution is 9.10. The molecule has 116 valence electrons. The molecule has 1 aromatic heterocycles. The maximum absolute atomic E-state index is 11.8. The topological polar surface area (TPSA) is 76.1 Å². The van der Waals surface area contributed by atoms with Crippen LogP contribution in [0.15, 0.2) is 35.1 Å². The summed E-state index contributed by atoms with van der Waals surface area (Å²) in [5.41, 5.74) is 2.32. The number of amides is 1. The van der Waals surface area contributed by atoms with E-state index >= 15 is 0 Å². The molecule has 0 unspecified atom stereocenters. The zero-order valence-corrected chi connectivity index (χ0v) is 14.0. The van der Waals surface area contributed by atoms with E-state index in [2.05, 4.69) is 36.5 Å². The number of benzene rings is 1. The van der Waals surface area contributed by atoms with Crippen molar-refractivity contribution in [3.05, 3.63) is 46.3 Å². The molecule has 2 N–H and O–H groups in total. The smallest absolute Gasteiger partial charge is 0.271 e. The number of carbonyl (C=O) groups is 1. The van der Waals surface area contributed by atoms with Crippen LogP contribution in [0.4, 0.5) is 11.5 Å². The third kappa shape index (κ3) is 4.51. The van der Waals surface area contributed by atoms with E-state index in [1.807, 2.05) is 25.1 Å². The number of anilines is 2.